The van der Waals surface area contributed by atoms with Gasteiger partial charge >= 0.3 is 11.9 Å². The van der Waals surface area contributed by atoms with Gasteiger partial charge in [0.1, 0.15) is 0 Å². The average molecular weight is 237 g/mol. The summed E-state index contributed by atoms with van der Waals surface area (Å²) in [4.78, 5) is 37.1. The van der Waals surface area contributed by atoms with Crippen molar-refractivity contribution in [3.63, 3.8) is 0 Å². The van der Waals surface area contributed by atoms with Gasteiger partial charge in [-0.3, -0.25) is 15.0 Å². The molecule has 0 radical (unpaired) electrons. The number of hydrogen-bond donors (Lipinski definition) is 1. The van der Waals surface area contributed by atoms with E-state index in [1.54, 1.807) is 19.1 Å². The normalized spacial score (nSPS) is 9.24. The van der Waals surface area contributed by atoms with Crippen molar-refractivity contribution in [2.45, 2.75) is 6.92 Å². The van der Waals surface area contributed by atoms with E-state index >= 15 is 0 Å². The van der Waals surface area contributed by atoms with Crippen molar-refractivity contribution in [2.75, 3.05) is 11.6 Å². The summed E-state index contributed by atoms with van der Waals surface area (Å²) in [5.74, 6) is -1.96. The van der Waals surface area contributed by atoms with Crippen molar-refractivity contribution >= 4 is 24.1 Å². The molecule has 0 fully saturated rings. The molecule has 1 rings (SSSR count). The van der Waals surface area contributed by atoms with Crippen molar-refractivity contribution in [3.8, 4) is 0 Å². The molecule has 0 saturated heterocycles. The fraction of sp³-hybridized carbons (Fsp3) is 0.200. The highest BCUT2D eigenvalue weighted by Crippen LogP contribution is 2.06. The summed E-state index contributed by atoms with van der Waals surface area (Å²) in [5, 5.41) is 0.713. The Kier molecular flexibility index (Phi) is 4.61. The molecule has 0 aliphatic heterocycles. The van der Waals surface area contributed by atoms with E-state index in [0.717, 1.165) is 0 Å². The van der Waals surface area contributed by atoms with Gasteiger partial charge in [0.2, 0.25) is 6.41 Å². The number of anilines is 1. The number of hydrogen-bond acceptors (Lipinski definition) is 5. The van der Waals surface area contributed by atoms with Crippen molar-refractivity contribution in [3.05, 3.63) is 24.4 Å². The van der Waals surface area contributed by atoms with Crippen LogP contribution in [-0.2, 0) is 19.1 Å². The summed E-state index contributed by atoms with van der Waals surface area (Å²) in [7, 11) is 0. The maximum absolute atomic E-state index is 11.6. The zero-order valence-electron chi connectivity index (χ0n) is 9.12. The first kappa shape index (κ1) is 12.6. The molecule has 90 valence electrons. The Bertz CT molecular complexity index is 407. The van der Waals surface area contributed by atoms with Crippen molar-refractivity contribution in [1.29, 1.82) is 0 Å². The molecule has 0 bridgehead atoms. The highest BCUT2D eigenvalue weighted by atomic mass is 16.5. The summed E-state index contributed by atoms with van der Waals surface area (Å²) in [6.45, 7) is 1.64. The van der Waals surface area contributed by atoms with Crippen LogP contribution in [0.1, 0.15) is 6.92 Å². The van der Waals surface area contributed by atoms with E-state index in [2.05, 4.69) is 15.1 Å². The molecular formula is C10H11N3O4. The molecule has 1 aromatic heterocycles. The molecule has 7 heteroatoms. The monoisotopic (exact) mass is 237 g/mol. The molecule has 1 N–H and O–H groups in total. The number of ether oxygens (including phenoxy) is 1. The van der Waals surface area contributed by atoms with Gasteiger partial charge in [0.15, 0.2) is 5.82 Å². The third kappa shape index (κ3) is 3.26. The van der Waals surface area contributed by atoms with Gasteiger partial charge in [-0.05, 0) is 19.1 Å². The molecule has 0 unspecified atom stereocenters. The summed E-state index contributed by atoms with van der Waals surface area (Å²) in [5.41, 5.74) is 2.08. The summed E-state index contributed by atoms with van der Waals surface area (Å²) in [6.07, 6.45) is 1.69. The first-order valence-electron chi connectivity index (χ1n) is 4.82. The molecule has 1 heterocycles. The number of esters is 1. The van der Waals surface area contributed by atoms with Gasteiger partial charge in [0.05, 0.1) is 6.61 Å². The van der Waals surface area contributed by atoms with E-state index in [9.17, 15) is 14.4 Å². The van der Waals surface area contributed by atoms with Gasteiger partial charge in [-0.1, -0.05) is 6.07 Å². The number of hydrazine groups is 1. The lowest BCUT2D eigenvalue weighted by Gasteiger charge is -2.18. The molecule has 17 heavy (non-hydrogen) atoms. The van der Waals surface area contributed by atoms with Crippen LogP contribution in [0.15, 0.2) is 24.4 Å². The zero-order chi connectivity index (χ0) is 12.7. The molecule has 0 saturated carbocycles. The summed E-state index contributed by atoms with van der Waals surface area (Å²) >= 11 is 0. The minimum Gasteiger partial charge on any atom is -0.459 e. The van der Waals surface area contributed by atoms with Gasteiger partial charge in [-0.2, -0.15) is 5.01 Å². The number of pyridine rings is 1. The predicted octanol–water partition coefficient (Wildman–Crippen LogP) is -0.361. The van der Waals surface area contributed by atoms with Crippen molar-refractivity contribution in [1.82, 2.24) is 10.4 Å². The van der Waals surface area contributed by atoms with Gasteiger partial charge in [0.25, 0.3) is 0 Å². The molecule has 0 aliphatic rings. The number of nitrogens with zero attached hydrogens (tertiary/aromatic N) is 2. The molecule has 0 aliphatic carbocycles. The second-order valence-electron chi connectivity index (χ2n) is 2.80. The van der Waals surface area contributed by atoms with Crippen LogP contribution in [0.5, 0.6) is 0 Å². The van der Waals surface area contributed by atoms with Crippen LogP contribution in [-0.4, -0.2) is 29.9 Å². The SMILES string of the molecule is CCOC(=O)C(=O)N(NC=O)c1ccccn1. The molecule has 1 aromatic rings. The number of amides is 2. The lowest BCUT2D eigenvalue weighted by atomic mass is 10.4. The molecular weight excluding hydrogens is 226 g/mol. The second-order valence-corrected chi connectivity index (χ2v) is 2.80. The van der Waals surface area contributed by atoms with E-state index in [1.807, 2.05) is 0 Å². The Morgan fingerprint density at radius 3 is 2.82 bits per heavy atom. The molecule has 0 spiro atoms. The van der Waals surface area contributed by atoms with Crippen LogP contribution in [0.25, 0.3) is 0 Å². The minimum absolute atomic E-state index is 0.0712. The Balaban J connectivity index is 2.90. The highest BCUT2D eigenvalue weighted by molar-refractivity contribution is 6.37. The van der Waals surface area contributed by atoms with E-state index in [0.29, 0.717) is 5.01 Å². The number of rotatable bonds is 4. The summed E-state index contributed by atoms with van der Waals surface area (Å²) in [6, 6.07) is 4.71. The zero-order valence-corrected chi connectivity index (χ0v) is 9.12. The number of nitrogens with one attached hydrogen (secondary N) is 1. The smallest absolute Gasteiger partial charge is 0.399 e. The van der Waals surface area contributed by atoms with Crippen LogP contribution >= 0.6 is 0 Å². The van der Waals surface area contributed by atoms with Crippen molar-refractivity contribution < 1.29 is 19.1 Å². The average Bonchev–Trinajstić information content (AvgIpc) is 2.36. The van der Waals surface area contributed by atoms with E-state index in [4.69, 9.17) is 0 Å². The van der Waals surface area contributed by atoms with Crippen LogP contribution in [0.3, 0.4) is 0 Å². The number of aromatic nitrogens is 1. The number of carbonyl (C=O) groups excluding carboxylic acids is 3. The summed E-state index contributed by atoms with van der Waals surface area (Å²) < 4.78 is 4.54. The minimum atomic E-state index is -1.06. The molecule has 7 nitrogen and oxygen atoms in total. The fourth-order valence-corrected chi connectivity index (χ4v) is 1.05. The van der Waals surface area contributed by atoms with E-state index in [-0.39, 0.29) is 18.8 Å². The Labute approximate surface area is 97.4 Å². The van der Waals surface area contributed by atoms with Gasteiger partial charge in [-0.25, -0.2) is 9.78 Å². The predicted molar refractivity (Wildman–Crippen MR) is 57.6 cm³/mol. The first-order chi connectivity index (χ1) is 8.20. The third-order valence-corrected chi connectivity index (χ3v) is 1.71. The van der Waals surface area contributed by atoms with Crippen LogP contribution in [0.4, 0.5) is 5.82 Å². The highest BCUT2D eigenvalue weighted by Gasteiger charge is 2.25. The topological polar surface area (TPSA) is 88.6 Å². The van der Waals surface area contributed by atoms with Crippen LogP contribution < -0.4 is 10.4 Å². The quantitative estimate of drug-likeness (QED) is 0.334. The van der Waals surface area contributed by atoms with Gasteiger partial charge in [0, 0.05) is 6.20 Å². The first-order valence-corrected chi connectivity index (χ1v) is 4.82. The Morgan fingerprint density at radius 1 is 1.53 bits per heavy atom. The Hall–Kier alpha value is -2.44. The van der Waals surface area contributed by atoms with Gasteiger partial charge < -0.3 is 4.74 Å². The van der Waals surface area contributed by atoms with Crippen molar-refractivity contribution in [2.24, 2.45) is 0 Å². The molecule has 0 aromatic carbocycles. The maximum atomic E-state index is 11.6. The maximum Gasteiger partial charge on any atom is 0.399 e. The second kappa shape index (κ2) is 6.21. The molecule has 2 amide bonds. The third-order valence-electron chi connectivity index (χ3n) is 1.71. The van der Waals surface area contributed by atoms with E-state index < -0.39 is 11.9 Å². The lowest BCUT2D eigenvalue weighted by Crippen LogP contribution is -2.47. The van der Waals surface area contributed by atoms with Gasteiger partial charge in [-0.15, -0.1) is 0 Å². The van der Waals surface area contributed by atoms with Crippen LogP contribution in [0.2, 0.25) is 0 Å². The Morgan fingerprint density at radius 2 is 2.29 bits per heavy atom. The fourth-order valence-electron chi connectivity index (χ4n) is 1.05. The molecule has 0 atom stereocenters. The van der Waals surface area contributed by atoms with Crippen LogP contribution in [0, 0.1) is 0 Å². The number of carbonyl (C=O) groups is 3. The largest absolute Gasteiger partial charge is 0.459 e. The van der Waals surface area contributed by atoms with E-state index in [1.165, 1.54) is 12.3 Å². The lowest BCUT2D eigenvalue weighted by molar-refractivity contribution is -0.153. The standard InChI is InChI=1S/C10H11N3O4/c1-2-17-10(16)9(15)13(12-7-14)8-5-3-4-6-11-8/h3-7H,2H2,1H3,(H,12,14).